The maximum atomic E-state index is 12.8. The van der Waals surface area contributed by atoms with E-state index in [0.29, 0.717) is 13.2 Å². The molecule has 21 heavy (non-hydrogen) atoms. The number of benzene rings is 2. The Bertz CT molecular complexity index is 639. The first-order valence-electron chi connectivity index (χ1n) is 6.95. The van der Waals surface area contributed by atoms with Gasteiger partial charge in [-0.1, -0.05) is 30.3 Å². The Morgan fingerprint density at radius 3 is 2.76 bits per heavy atom. The molecule has 0 aliphatic carbocycles. The lowest BCUT2D eigenvalue weighted by molar-refractivity contribution is -0.120. The van der Waals surface area contributed by atoms with Crippen molar-refractivity contribution in [2.45, 2.75) is 12.3 Å². The highest BCUT2D eigenvalue weighted by Gasteiger charge is 2.23. The van der Waals surface area contributed by atoms with E-state index in [0.717, 1.165) is 16.9 Å². The summed E-state index contributed by atoms with van der Waals surface area (Å²) >= 11 is 0. The zero-order valence-corrected chi connectivity index (χ0v) is 11.5. The third-order valence-corrected chi connectivity index (χ3v) is 3.62. The molecule has 1 N–H and O–H groups in total. The number of carbonyl (C=O) groups is 1. The van der Waals surface area contributed by atoms with E-state index in [1.807, 2.05) is 24.3 Å². The highest BCUT2D eigenvalue weighted by Crippen LogP contribution is 2.32. The summed E-state index contributed by atoms with van der Waals surface area (Å²) in [6.45, 7) is 1.15. The molecule has 0 radical (unpaired) electrons. The van der Waals surface area contributed by atoms with Crippen LogP contribution in [0.2, 0.25) is 0 Å². The maximum Gasteiger partial charge on any atom is 0.224 e. The number of fused-ring (bicyclic) bond motifs is 1. The molecule has 1 aliphatic heterocycles. The first-order valence-corrected chi connectivity index (χ1v) is 6.95. The highest BCUT2D eigenvalue weighted by atomic mass is 19.1. The first-order chi connectivity index (χ1) is 10.2. The summed E-state index contributed by atoms with van der Waals surface area (Å²) < 4.78 is 18.4. The van der Waals surface area contributed by atoms with E-state index in [2.05, 4.69) is 5.32 Å². The Kier molecular flexibility index (Phi) is 3.86. The zero-order valence-electron chi connectivity index (χ0n) is 11.5. The summed E-state index contributed by atoms with van der Waals surface area (Å²) in [5.41, 5.74) is 1.94. The molecule has 1 unspecified atom stereocenters. The second kappa shape index (κ2) is 5.95. The quantitative estimate of drug-likeness (QED) is 0.938. The minimum atomic E-state index is -0.293. The second-order valence-electron chi connectivity index (χ2n) is 5.15. The molecule has 2 aromatic carbocycles. The number of para-hydroxylation sites is 1. The van der Waals surface area contributed by atoms with Gasteiger partial charge in [-0.2, -0.15) is 0 Å². The number of ether oxygens (including phenoxy) is 1. The van der Waals surface area contributed by atoms with Crippen LogP contribution in [0.5, 0.6) is 5.75 Å². The molecule has 0 aromatic heterocycles. The molecule has 0 bridgehead atoms. The average Bonchev–Trinajstić information content (AvgIpc) is 2.91. The Morgan fingerprint density at radius 1 is 1.19 bits per heavy atom. The predicted molar refractivity (Wildman–Crippen MR) is 77.8 cm³/mol. The Balaban J connectivity index is 1.54. The van der Waals surface area contributed by atoms with Crippen LogP contribution in [0.4, 0.5) is 4.39 Å². The number of halogens is 1. The topological polar surface area (TPSA) is 38.3 Å². The smallest absolute Gasteiger partial charge is 0.224 e. The van der Waals surface area contributed by atoms with Gasteiger partial charge < -0.3 is 10.1 Å². The van der Waals surface area contributed by atoms with Crippen molar-refractivity contribution >= 4 is 5.91 Å². The minimum Gasteiger partial charge on any atom is -0.493 e. The molecular weight excluding hydrogens is 269 g/mol. The van der Waals surface area contributed by atoms with Crippen molar-refractivity contribution in [1.82, 2.24) is 5.32 Å². The third-order valence-electron chi connectivity index (χ3n) is 3.62. The van der Waals surface area contributed by atoms with Crippen LogP contribution < -0.4 is 10.1 Å². The number of amides is 1. The van der Waals surface area contributed by atoms with Gasteiger partial charge in [-0.15, -0.1) is 0 Å². The lowest BCUT2D eigenvalue weighted by Gasteiger charge is -2.10. The minimum absolute atomic E-state index is 0.0639. The van der Waals surface area contributed by atoms with E-state index >= 15 is 0 Å². The Labute approximate surface area is 122 Å². The van der Waals surface area contributed by atoms with Crippen LogP contribution in [-0.2, 0) is 11.2 Å². The van der Waals surface area contributed by atoms with E-state index in [-0.39, 0.29) is 24.1 Å². The summed E-state index contributed by atoms with van der Waals surface area (Å²) in [6, 6.07) is 13.9. The Hall–Kier alpha value is -2.36. The molecule has 3 rings (SSSR count). The normalized spacial score (nSPS) is 16.1. The number of rotatable bonds is 4. The third kappa shape index (κ3) is 3.21. The fourth-order valence-corrected chi connectivity index (χ4v) is 2.49. The van der Waals surface area contributed by atoms with Crippen molar-refractivity contribution in [3.05, 3.63) is 65.5 Å². The molecule has 1 heterocycles. The Morgan fingerprint density at radius 2 is 1.95 bits per heavy atom. The summed E-state index contributed by atoms with van der Waals surface area (Å²) in [6.07, 6.45) is 0.259. The van der Waals surface area contributed by atoms with Gasteiger partial charge in [0.05, 0.1) is 13.0 Å². The summed E-state index contributed by atoms with van der Waals surface area (Å²) in [4.78, 5) is 11.9. The largest absolute Gasteiger partial charge is 0.493 e. The maximum absolute atomic E-state index is 12.8. The van der Waals surface area contributed by atoms with Crippen LogP contribution in [0.3, 0.4) is 0 Å². The van der Waals surface area contributed by atoms with Crippen LogP contribution >= 0.6 is 0 Å². The first kappa shape index (κ1) is 13.6. The molecule has 1 atom stereocenters. The van der Waals surface area contributed by atoms with E-state index in [9.17, 15) is 9.18 Å². The highest BCUT2D eigenvalue weighted by molar-refractivity contribution is 5.78. The van der Waals surface area contributed by atoms with Crippen molar-refractivity contribution in [3.8, 4) is 5.75 Å². The molecule has 0 saturated heterocycles. The van der Waals surface area contributed by atoms with Gasteiger partial charge in [0, 0.05) is 18.0 Å². The predicted octanol–water partition coefficient (Wildman–Crippen LogP) is 2.66. The van der Waals surface area contributed by atoms with E-state index < -0.39 is 0 Å². The van der Waals surface area contributed by atoms with Crippen LogP contribution in [0.1, 0.15) is 17.0 Å². The molecule has 0 fully saturated rings. The van der Waals surface area contributed by atoms with Crippen LogP contribution in [0.15, 0.2) is 48.5 Å². The number of nitrogens with one attached hydrogen (secondary N) is 1. The van der Waals surface area contributed by atoms with Crippen molar-refractivity contribution in [1.29, 1.82) is 0 Å². The van der Waals surface area contributed by atoms with Gasteiger partial charge in [-0.3, -0.25) is 4.79 Å². The summed E-state index contributed by atoms with van der Waals surface area (Å²) in [7, 11) is 0. The summed E-state index contributed by atoms with van der Waals surface area (Å²) in [5, 5.41) is 2.92. The second-order valence-corrected chi connectivity index (χ2v) is 5.15. The van der Waals surface area contributed by atoms with Crippen LogP contribution in [0, 0.1) is 5.82 Å². The lowest BCUT2D eigenvalue weighted by Crippen LogP contribution is -2.30. The number of hydrogen-bond donors (Lipinski definition) is 1. The van der Waals surface area contributed by atoms with Gasteiger partial charge in [-0.05, 0) is 23.8 Å². The average molecular weight is 285 g/mol. The van der Waals surface area contributed by atoms with Gasteiger partial charge >= 0.3 is 0 Å². The van der Waals surface area contributed by atoms with E-state index in [1.54, 1.807) is 12.1 Å². The molecule has 0 saturated carbocycles. The molecule has 108 valence electrons. The molecule has 3 nitrogen and oxygen atoms in total. The van der Waals surface area contributed by atoms with Gasteiger partial charge in [0.25, 0.3) is 0 Å². The molecular formula is C17H16FNO2. The number of carbonyl (C=O) groups excluding carboxylic acids is 1. The van der Waals surface area contributed by atoms with Gasteiger partial charge in [-0.25, -0.2) is 4.39 Å². The van der Waals surface area contributed by atoms with Crippen LogP contribution in [-0.4, -0.2) is 19.1 Å². The molecule has 0 spiro atoms. The lowest BCUT2D eigenvalue weighted by atomic mass is 10.0. The summed E-state index contributed by atoms with van der Waals surface area (Å²) in [5.74, 6) is 0.735. The molecule has 1 amide bonds. The molecule has 1 aliphatic rings. The van der Waals surface area contributed by atoms with Gasteiger partial charge in [0.1, 0.15) is 11.6 Å². The van der Waals surface area contributed by atoms with Crippen LogP contribution in [0.25, 0.3) is 0 Å². The SMILES string of the molecule is O=C(Cc1ccc(F)cc1)NCC1COc2ccccc21. The van der Waals surface area contributed by atoms with E-state index in [1.165, 1.54) is 12.1 Å². The number of hydrogen-bond acceptors (Lipinski definition) is 2. The zero-order chi connectivity index (χ0) is 14.7. The van der Waals surface area contributed by atoms with Gasteiger partial charge in [0.2, 0.25) is 5.91 Å². The van der Waals surface area contributed by atoms with Crippen molar-refractivity contribution in [3.63, 3.8) is 0 Å². The fraction of sp³-hybridized carbons (Fsp3) is 0.235. The molecule has 2 aromatic rings. The van der Waals surface area contributed by atoms with Gasteiger partial charge in [0.15, 0.2) is 0 Å². The monoisotopic (exact) mass is 285 g/mol. The fourth-order valence-electron chi connectivity index (χ4n) is 2.49. The van der Waals surface area contributed by atoms with E-state index in [4.69, 9.17) is 4.74 Å². The van der Waals surface area contributed by atoms with Crippen molar-refractivity contribution in [2.24, 2.45) is 0 Å². The standard InChI is InChI=1S/C17H16FNO2/c18-14-7-5-12(6-8-14)9-17(20)19-10-13-11-21-16-4-2-1-3-15(13)16/h1-8,13H,9-11H2,(H,19,20). The van der Waals surface area contributed by atoms with Crippen molar-refractivity contribution < 1.29 is 13.9 Å². The van der Waals surface area contributed by atoms with Crippen molar-refractivity contribution in [2.75, 3.05) is 13.2 Å². The molecule has 4 heteroatoms.